The molecule has 170 valence electrons. The molecular formula is C25H24ClN3O3S. The van der Waals surface area contributed by atoms with Gasteiger partial charge in [0.1, 0.15) is 0 Å². The van der Waals surface area contributed by atoms with Gasteiger partial charge in [-0.1, -0.05) is 41.9 Å². The number of carbonyl (C=O) groups is 1. The molecule has 1 aliphatic heterocycles. The van der Waals surface area contributed by atoms with E-state index in [9.17, 15) is 13.2 Å². The number of hydrogen-bond acceptors (Lipinski definition) is 4. The summed E-state index contributed by atoms with van der Waals surface area (Å²) in [5, 5.41) is 5.40. The molecule has 33 heavy (non-hydrogen) atoms. The Hall–Kier alpha value is -2.90. The van der Waals surface area contributed by atoms with Crippen LogP contribution in [0.25, 0.3) is 23.0 Å². The molecule has 2 heterocycles. The highest BCUT2D eigenvalue weighted by Gasteiger charge is 2.41. The molecule has 1 amide bonds. The molecule has 1 unspecified atom stereocenters. The Morgan fingerprint density at radius 1 is 1.03 bits per heavy atom. The molecule has 1 aliphatic carbocycles. The average molecular weight is 482 g/mol. The molecule has 2 fully saturated rings. The maximum Gasteiger partial charge on any atom is 0.247 e. The molecule has 0 spiro atoms. The molecule has 1 aromatic heterocycles. The molecule has 2 aliphatic rings. The van der Waals surface area contributed by atoms with Crippen molar-refractivity contribution in [1.29, 1.82) is 0 Å². The van der Waals surface area contributed by atoms with E-state index in [0.717, 1.165) is 35.3 Å². The van der Waals surface area contributed by atoms with E-state index in [1.54, 1.807) is 21.7 Å². The zero-order valence-electron chi connectivity index (χ0n) is 18.0. The standard InChI is InChI=1S/C25H24ClN3O3S/c26-20-9-6-18(7-10-20)25-19(16-28(27-25)21-4-2-1-3-5-21)8-13-24(30)29(22-11-12-22)23-14-15-33(31,32)17-23/h1-10,13,16,22-23H,11-12,14-15,17H2/b13-8+. The van der Waals surface area contributed by atoms with Gasteiger partial charge in [0.25, 0.3) is 0 Å². The predicted molar refractivity (Wildman–Crippen MR) is 130 cm³/mol. The number of para-hydroxylation sites is 1. The van der Waals surface area contributed by atoms with Crippen molar-refractivity contribution in [2.75, 3.05) is 11.5 Å². The minimum absolute atomic E-state index is 0.0606. The maximum absolute atomic E-state index is 13.2. The first kappa shape index (κ1) is 21.9. The Morgan fingerprint density at radius 3 is 2.39 bits per heavy atom. The number of aromatic nitrogens is 2. The van der Waals surface area contributed by atoms with E-state index in [1.807, 2.05) is 60.8 Å². The van der Waals surface area contributed by atoms with E-state index in [0.29, 0.717) is 11.4 Å². The maximum atomic E-state index is 13.2. The SMILES string of the molecule is O=C(/C=C/c1cn(-c2ccccc2)nc1-c1ccc(Cl)cc1)N(C1CC1)C1CCS(=O)(=O)C1. The second-order valence-corrected chi connectivity index (χ2v) is 11.3. The van der Waals surface area contributed by atoms with E-state index in [2.05, 4.69) is 0 Å². The van der Waals surface area contributed by atoms with Gasteiger partial charge in [0, 0.05) is 40.5 Å². The fourth-order valence-corrected chi connectivity index (χ4v) is 6.14. The summed E-state index contributed by atoms with van der Waals surface area (Å²) in [5.41, 5.74) is 3.34. The largest absolute Gasteiger partial charge is 0.332 e. The van der Waals surface area contributed by atoms with Crippen molar-refractivity contribution in [2.24, 2.45) is 0 Å². The third kappa shape index (κ3) is 4.89. The van der Waals surface area contributed by atoms with Crippen LogP contribution in [0.3, 0.4) is 0 Å². The number of hydrogen-bond donors (Lipinski definition) is 0. The van der Waals surface area contributed by atoms with E-state index in [-0.39, 0.29) is 29.5 Å². The first-order chi connectivity index (χ1) is 15.9. The van der Waals surface area contributed by atoms with Crippen molar-refractivity contribution < 1.29 is 13.2 Å². The van der Waals surface area contributed by atoms with Gasteiger partial charge in [-0.15, -0.1) is 0 Å². The van der Waals surface area contributed by atoms with Crippen LogP contribution in [0.2, 0.25) is 5.02 Å². The quantitative estimate of drug-likeness (QED) is 0.490. The van der Waals surface area contributed by atoms with Crippen molar-refractivity contribution in [3.8, 4) is 16.9 Å². The van der Waals surface area contributed by atoms with Gasteiger partial charge >= 0.3 is 0 Å². The molecule has 3 aromatic rings. The van der Waals surface area contributed by atoms with Gasteiger partial charge < -0.3 is 4.90 Å². The molecule has 1 atom stereocenters. The summed E-state index contributed by atoms with van der Waals surface area (Å²) in [6, 6.07) is 17.1. The third-order valence-corrected chi connectivity index (χ3v) is 8.09. The van der Waals surface area contributed by atoms with Crippen molar-refractivity contribution in [3.05, 3.63) is 77.5 Å². The van der Waals surface area contributed by atoms with Crippen molar-refractivity contribution >= 4 is 33.4 Å². The van der Waals surface area contributed by atoms with Crippen molar-refractivity contribution in [1.82, 2.24) is 14.7 Å². The fraction of sp³-hybridized carbons (Fsp3) is 0.280. The third-order valence-electron chi connectivity index (χ3n) is 6.08. The van der Waals surface area contributed by atoms with E-state index in [1.165, 1.54) is 0 Å². The van der Waals surface area contributed by atoms with E-state index in [4.69, 9.17) is 16.7 Å². The van der Waals surface area contributed by atoms with Crippen LogP contribution in [0.1, 0.15) is 24.8 Å². The van der Waals surface area contributed by atoms with E-state index >= 15 is 0 Å². The Labute approximate surface area is 198 Å². The molecule has 1 saturated heterocycles. The summed E-state index contributed by atoms with van der Waals surface area (Å²) in [5.74, 6) is 0.0714. The van der Waals surface area contributed by atoms with Crippen LogP contribution in [-0.4, -0.2) is 52.6 Å². The van der Waals surface area contributed by atoms with Gasteiger partial charge in [-0.3, -0.25) is 4.79 Å². The average Bonchev–Trinajstić information content (AvgIpc) is 3.44. The minimum Gasteiger partial charge on any atom is -0.332 e. The van der Waals surface area contributed by atoms with Crippen LogP contribution in [0.4, 0.5) is 0 Å². The van der Waals surface area contributed by atoms with Gasteiger partial charge in [-0.05, 0) is 49.6 Å². The number of sulfone groups is 1. The number of nitrogens with zero attached hydrogens (tertiary/aromatic N) is 3. The Balaban J connectivity index is 1.46. The predicted octanol–water partition coefficient (Wildman–Crippen LogP) is 4.38. The molecule has 0 radical (unpaired) electrons. The van der Waals surface area contributed by atoms with Gasteiger partial charge in [0.2, 0.25) is 5.91 Å². The van der Waals surface area contributed by atoms with Gasteiger partial charge in [-0.25, -0.2) is 13.1 Å². The lowest BCUT2D eigenvalue weighted by molar-refractivity contribution is -0.128. The summed E-state index contributed by atoms with van der Waals surface area (Å²) >= 11 is 6.06. The normalized spacial score (nSPS) is 19.7. The lowest BCUT2D eigenvalue weighted by Crippen LogP contribution is -2.41. The monoisotopic (exact) mass is 481 g/mol. The smallest absolute Gasteiger partial charge is 0.247 e. The van der Waals surface area contributed by atoms with Crippen LogP contribution in [0.15, 0.2) is 66.9 Å². The Morgan fingerprint density at radius 2 is 1.76 bits per heavy atom. The Bertz CT molecular complexity index is 1300. The number of rotatable bonds is 6. The second-order valence-electron chi connectivity index (χ2n) is 8.59. The highest BCUT2D eigenvalue weighted by molar-refractivity contribution is 7.91. The first-order valence-corrected chi connectivity index (χ1v) is 13.2. The molecule has 1 saturated carbocycles. The summed E-state index contributed by atoms with van der Waals surface area (Å²) in [6.45, 7) is 0. The van der Waals surface area contributed by atoms with Gasteiger partial charge in [0.05, 0.1) is 22.9 Å². The highest BCUT2D eigenvalue weighted by Crippen LogP contribution is 2.33. The zero-order valence-corrected chi connectivity index (χ0v) is 19.5. The molecular weight excluding hydrogens is 458 g/mol. The van der Waals surface area contributed by atoms with Crippen LogP contribution in [0.5, 0.6) is 0 Å². The Kier molecular flexibility index (Phi) is 5.85. The van der Waals surface area contributed by atoms with Crippen LogP contribution in [0, 0.1) is 0 Å². The van der Waals surface area contributed by atoms with Gasteiger partial charge in [0.15, 0.2) is 9.84 Å². The molecule has 0 N–H and O–H groups in total. The highest BCUT2D eigenvalue weighted by atomic mass is 35.5. The summed E-state index contributed by atoms with van der Waals surface area (Å²) in [4.78, 5) is 14.9. The van der Waals surface area contributed by atoms with Crippen molar-refractivity contribution in [2.45, 2.75) is 31.3 Å². The first-order valence-electron chi connectivity index (χ1n) is 11.0. The molecule has 2 aromatic carbocycles. The number of carbonyl (C=O) groups excluding carboxylic acids is 1. The second kappa shape index (κ2) is 8.80. The lowest BCUT2D eigenvalue weighted by atomic mass is 10.1. The van der Waals surface area contributed by atoms with Gasteiger partial charge in [-0.2, -0.15) is 5.10 Å². The molecule has 0 bridgehead atoms. The minimum atomic E-state index is -3.06. The summed E-state index contributed by atoms with van der Waals surface area (Å²) in [6.07, 6.45) is 7.59. The van der Waals surface area contributed by atoms with Crippen LogP contribution in [-0.2, 0) is 14.6 Å². The molecule has 8 heteroatoms. The lowest BCUT2D eigenvalue weighted by Gasteiger charge is -2.27. The van der Waals surface area contributed by atoms with Crippen LogP contribution >= 0.6 is 11.6 Å². The fourth-order valence-electron chi connectivity index (χ4n) is 4.31. The van der Waals surface area contributed by atoms with E-state index < -0.39 is 9.84 Å². The number of halogens is 1. The summed E-state index contributed by atoms with van der Waals surface area (Å²) in [7, 11) is -3.06. The number of amides is 1. The zero-order chi connectivity index (χ0) is 23.0. The summed E-state index contributed by atoms with van der Waals surface area (Å²) < 4.78 is 25.7. The number of benzene rings is 2. The van der Waals surface area contributed by atoms with Crippen LogP contribution < -0.4 is 0 Å². The molecule has 6 nitrogen and oxygen atoms in total. The van der Waals surface area contributed by atoms with Crippen molar-refractivity contribution in [3.63, 3.8) is 0 Å². The molecule has 5 rings (SSSR count). The topological polar surface area (TPSA) is 72.3 Å².